The van der Waals surface area contributed by atoms with Gasteiger partial charge in [-0.15, -0.1) is 0 Å². The molecule has 26 heavy (non-hydrogen) atoms. The maximum Gasteiger partial charge on any atom is 0.241 e. The Hall–Kier alpha value is -2.44. The number of pyridine rings is 1. The third-order valence-corrected chi connectivity index (χ3v) is 4.85. The van der Waals surface area contributed by atoms with E-state index in [1.54, 1.807) is 12.4 Å². The molecule has 2 N–H and O–H groups in total. The van der Waals surface area contributed by atoms with Crippen LogP contribution in [0.15, 0.2) is 54.9 Å². The Balaban J connectivity index is 1.32. The zero-order chi connectivity index (χ0) is 17.8. The maximum absolute atomic E-state index is 13.0. The Morgan fingerprint density at radius 3 is 2.62 bits per heavy atom. The minimum atomic E-state index is -0.207. The molecule has 2 heterocycles. The number of rotatable bonds is 7. The third-order valence-electron chi connectivity index (χ3n) is 4.85. The molecule has 1 aromatic heterocycles. The van der Waals surface area contributed by atoms with Crippen LogP contribution in [0.2, 0.25) is 0 Å². The van der Waals surface area contributed by atoms with Gasteiger partial charge in [-0.3, -0.25) is 15.2 Å². The van der Waals surface area contributed by atoms with Crippen molar-refractivity contribution in [2.45, 2.75) is 43.9 Å². The van der Waals surface area contributed by atoms with Gasteiger partial charge in [0.05, 0.1) is 6.04 Å². The summed E-state index contributed by atoms with van der Waals surface area (Å²) in [4.78, 5) is 19.1. The van der Waals surface area contributed by atoms with E-state index >= 15 is 0 Å². The Morgan fingerprint density at radius 2 is 1.88 bits per heavy atom. The molecule has 136 valence electrons. The molecule has 0 spiro atoms. The Morgan fingerprint density at radius 1 is 1.12 bits per heavy atom. The number of hydrogen-bond donors (Lipinski definition) is 2. The molecule has 0 bridgehead atoms. The van der Waals surface area contributed by atoms with Crippen LogP contribution in [0.3, 0.4) is 0 Å². The molecule has 4 rings (SSSR count). The van der Waals surface area contributed by atoms with E-state index in [9.17, 15) is 4.79 Å². The van der Waals surface area contributed by atoms with Gasteiger partial charge in [-0.05, 0) is 49.1 Å². The third kappa shape index (κ3) is 4.20. The van der Waals surface area contributed by atoms with Gasteiger partial charge in [0.15, 0.2) is 0 Å². The molecule has 2 fully saturated rings. The summed E-state index contributed by atoms with van der Waals surface area (Å²) in [6.07, 6.45) is 6.47. The molecule has 1 aromatic carbocycles. The van der Waals surface area contributed by atoms with Crippen LogP contribution in [0.1, 0.15) is 24.8 Å². The fourth-order valence-electron chi connectivity index (χ4n) is 3.26. The SMILES string of the molecule is O=C(C1CC(COc2ccccc2)NN1)N(Cc1ccncc1)C1CC1. The highest BCUT2D eigenvalue weighted by Gasteiger charge is 2.38. The molecule has 2 atom stereocenters. The molecule has 2 aliphatic rings. The zero-order valence-electron chi connectivity index (χ0n) is 14.7. The number of amides is 1. The van der Waals surface area contributed by atoms with Crippen LogP contribution >= 0.6 is 0 Å². The highest BCUT2D eigenvalue weighted by Crippen LogP contribution is 2.29. The topological polar surface area (TPSA) is 66.5 Å². The van der Waals surface area contributed by atoms with E-state index < -0.39 is 0 Å². The summed E-state index contributed by atoms with van der Waals surface area (Å²) >= 11 is 0. The van der Waals surface area contributed by atoms with Crippen molar-refractivity contribution in [3.05, 3.63) is 60.4 Å². The van der Waals surface area contributed by atoms with Gasteiger partial charge in [0.25, 0.3) is 0 Å². The first-order valence-electron chi connectivity index (χ1n) is 9.18. The summed E-state index contributed by atoms with van der Waals surface area (Å²) in [6, 6.07) is 14.0. The second kappa shape index (κ2) is 7.85. The number of ether oxygens (including phenoxy) is 1. The summed E-state index contributed by atoms with van der Waals surface area (Å²) in [5.74, 6) is 1.01. The number of hydrogen-bond acceptors (Lipinski definition) is 5. The quantitative estimate of drug-likeness (QED) is 0.797. The molecule has 2 unspecified atom stereocenters. The highest BCUT2D eigenvalue weighted by atomic mass is 16.5. The average molecular weight is 352 g/mol. The number of carbonyl (C=O) groups excluding carboxylic acids is 1. The number of nitrogens with one attached hydrogen (secondary N) is 2. The van der Waals surface area contributed by atoms with Crippen molar-refractivity contribution < 1.29 is 9.53 Å². The van der Waals surface area contributed by atoms with Crippen LogP contribution in [-0.4, -0.2) is 40.5 Å². The fourth-order valence-corrected chi connectivity index (χ4v) is 3.26. The first kappa shape index (κ1) is 17.0. The molecule has 1 saturated carbocycles. The maximum atomic E-state index is 13.0. The summed E-state index contributed by atoms with van der Waals surface area (Å²) < 4.78 is 5.80. The zero-order valence-corrected chi connectivity index (χ0v) is 14.7. The predicted octanol–water partition coefficient (Wildman–Crippen LogP) is 1.89. The van der Waals surface area contributed by atoms with Crippen LogP contribution < -0.4 is 15.6 Å². The minimum Gasteiger partial charge on any atom is -0.492 e. The lowest BCUT2D eigenvalue weighted by molar-refractivity contribution is -0.134. The lowest BCUT2D eigenvalue weighted by Gasteiger charge is -2.25. The van der Waals surface area contributed by atoms with Crippen LogP contribution in [0.25, 0.3) is 0 Å². The van der Waals surface area contributed by atoms with Crippen molar-refractivity contribution >= 4 is 5.91 Å². The van der Waals surface area contributed by atoms with Crippen LogP contribution in [0.4, 0.5) is 0 Å². The molecular formula is C20H24N4O2. The summed E-state index contributed by atoms with van der Waals surface area (Å²) in [6.45, 7) is 1.18. The first-order chi connectivity index (χ1) is 12.8. The molecular weight excluding hydrogens is 328 g/mol. The number of hydrazine groups is 1. The van der Waals surface area contributed by atoms with Crippen LogP contribution in [-0.2, 0) is 11.3 Å². The lowest BCUT2D eigenvalue weighted by atomic mass is 10.1. The standard InChI is InChI=1S/C20H24N4O2/c25-20(24(17-6-7-17)13-15-8-10-21-11-9-15)19-12-16(22-23-19)14-26-18-4-2-1-3-5-18/h1-5,8-11,16-17,19,22-23H,6-7,12-14H2. The smallest absolute Gasteiger partial charge is 0.241 e. The van der Waals surface area contributed by atoms with E-state index in [1.807, 2.05) is 47.4 Å². The van der Waals surface area contributed by atoms with Gasteiger partial charge in [0, 0.05) is 25.0 Å². The Bertz CT molecular complexity index is 721. The molecule has 6 nitrogen and oxygen atoms in total. The van der Waals surface area contributed by atoms with Gasteiger partial charge in [-0.1, -0.05) is 18.2 Å². The van der Waals surface area contributed by atoms with Crippen molar-refractivity contribution in [2.24, 2.45) is 0 Å². The molecule has 6 heteroatoms. The normalized spacial score (nSPS) is 22.2. The fraction of sp³-hybridized carbons (Fsp3) is 0.400. The summed E-state index contributed by atoms with van der Waals surface area (Å²) in [5, 5.41) is 0. The van der Waals surface area contributed by atoms with Gasteiger partial charge in [-0.25, -0.2) is 5.43 Å². The van der Waals surface area contributed by atoms with Crippen molar-refractivity contribution in [1.29, 1.82) is 0 Å². The van der Waals surface area contributed by atoms with Gasteiger partial charge in [-0.2, -0.15) is 0 Å². The predicted molar refractivity (Wildman–Crippen MR) is 98.2 cm³/mol. The van der Waals surface area contributed by atoms with Crippen LogP contribution in [0, 0.1) is 0 Å². The molecule has 1 amide bonds. The summed E-state index contributed by atoms with van der Waals surface area (Å²) in [7, 11) is 0. The second-order valence-electron chi connectivity index (χ2n) is 6.95. The van der Waals surface area contributed by atoms with Gasteiger partial charge in [0.2, 0.25) is 5.91 Å². The second-order valence-corrected chi connectivity index (χ2v) is 6.95. The molecule has 1 aliphatic carbocycles. The molecule has 0 radical (unpaired) electrons. The van der Waals surface area contributed by atoms with Crippen molar-refractivity contribution in [3.63, 3.8) is 0 Å². The molecule has 1 aliphatic heterocycles. The number of carbonyl (C=O) groups is 1. The van der Waals surface area contributed by atoms with Crippen LogP contribution in [0.5, 0.6) is 5.75 Å². The number of para-hydroxylation sites is 1. The largest absolute Gasteiger partial charge is 0.492 e. The number of nitrogens with zero attached hydrogens (tertiary/aromatic N) is 2. The van der Waals surface area contributed by atoms with E-state index in [2.05, 4.69) is 15.8 Å². The first-order valence-corrected chi connectivity index (χ1v) is 9.18. The van der Waals surface area contributed by atoms with E-state index in [-0.39, 0.29) is 18.0 Å². The minimum absolute atomic E-state index is 0.117. The number of aromatic nitrogens is 1. The monoisotopic (exact) mass is 352 g/mol. The Kier molecular flexibility index (Phi) is 5.13. The molecule has 2 aromatic rings. The van der Waals surface area contributed by atoms with Gasteiger partial charge >= 0.3 is 0 Å². The average Bonchev–Trinajstić information content (AvgIpc) is 3.42. The van der Waals surface area contributed by atoms with E-state index in [1.165, 1.54) is 0 Å². The van der Waals surface area contributed by atoms with Crippen molar-refractivity contribution in [3.8, 4) is 5.75 Å². The van der Waals surface area contributed by atoms with Gasteiger partial charge < -0.3 is 9.64 Å². The van der Waals surface area contributed by atoms with Crippen molar-refractivity contribution in [1.82, 2.24) is 20.7 Å². The number of benzene rings is 1. The molecule has 1 saturated heterocycles. The Labute approximate surface area is 153 Å². The summed E-state index contributed by atoms with van der Waals surface area (Å²) in [5.41, 5.74) is 7.48. The van der Waals surface area contributed by atoms with E-state index in [4.69, 9.17) is 4.74 Å². The highest BCUT2D eigenvalue weighted by molar-refractivity contribution is 5.82. The van der Waals surface area contributed by atoms with Gasteiger partial charge in [0.1, 0.15) is 18.4 Å². The van der Waals surface area contributed by atoms with E-state index in [0.29, 0.717) is 19.2 Å². The van der Waals surface area contributed by atoms with Crippen molar-refractivity contribution in [2.75, 3.05) is 6.61 Å². The van der Waals surface area contributed by atoms with E-state index in [0.717, 1.165) is 30.6 Å². The lowest BCUT2D eigenvalue weighted by Crippen LogP contribution is -2.46.